The fraction of sp³-hybridized carbons (Fsp3) is 0.381. The first kappa shape index (κ1) is 22.3. The summed E-state index contributed by atoms with van der Waals surface area (Å²) in [7, 11) is 3.70. The minimum Gasteiger partial charge on any atom is -0.444 e. The largest absolute Gasteiger partial charge is 0.444 e. The summed E-state index contributed by atoms with van der Waals surface area (Å²) in [5.41, 5.74) is 4.09. The quantitative estimate of drug-likeness (QED) is 0.322. The van der Waals surface area contributed by atoms with Gasteiger partial charge in [0.05, 0.1) is 31.6 Å². The van der Waals surface area contributed by atoms with Crippen molar-refractivity contribution >= 4 is 29.9 Å². The van der Waals surface area contributed by atoms with Gasteiger partial charge in [0.2, 0.25) is 5.89 Å². The number of guanidine groups is 1. The number of ether oxygens (including phenoxy) is 1. The molecule has 30 heavy (non-hydrogen) atoms. The zero-order valence-corrected chi connectivity index (χ0v) is 19.7. The highest BCUT2D eigenvalue weighted by Gasteiger charge is 2.25. The average molecular weight is 522 g/mol. The van der Waals surface area contributed by atoms with Crippen molar-refractivity contribution in [2.45, 2.75) is 19.6 Å². The number of hydrogen-bond acceptors (Lipinski definition) is 5. The van der Waals surface area contributed by atoms with Gasteiger partial charge < -0.3 is 19.4 Å². The third kappa shape index (κ3) is 5.20. The van der Waals surface area contributed by atoms with Crippen LogP contribution in [-0.2, 0) is 18.3 Å². The van der Waals surface area contributed by atoms with E-state index >= 15 is 0 Å². The monoisotopic (exact) mass is 522 g/mol. The van der Waals surface area contributed by atoms with Gasteiger partial charge in [-0.3, -0.25) is 9.67 Å². The van der Waals surface area contributed by atoms with E-state index in [2.05, 4.69) is 44.3 Å². The van der Waals surface area contributed by atoms with Crippen molar-refractivity contribution < 1.29 is 9.15 Å². The number of rotatable bonds is 4. The lowest BCUT2D eigenvalue weighted by atomic mass is 10.1. The summed E-state index contributed by atoms with van der Waals surface area (Å²) < 4.78 is 13.4. The summed E-state index contributed by atoms with van der Waals surface area (Å²) in [4.78, 5) is 11.2. The first-order valence-electron chi connectivity index (χ1n) is 9.69. The lowest BCUT2D eigenvalue weighted by Crippen LogP contribution is -2.47. The predicted octanol–water partition coefficient (Wildman–Crippen LogP) is 3.15. The van der Waals surface area contributed by atoms with Crippen molar-refractivity contribution in [1.82, 2.24) is 25.0 Å². The third-order valence-corrected chi connectivity index (χ3v) is 4.95. The van der Waals surface area contributed by atoms with Gasteiger partial charge >= 0.3 is 0 Å². The van der Waals surface area contributed by atoms with Crippen LogP contribution in [0, 0.1) is 6.92 Å². The van der Waals surface area contributed by atoms with Crippen molar-refractivity contribution in [3.63, 3.8) is 0 Å². The molecule has 8 nitrogen and oxygen atoms in total. The minimum atomic E-state index is -0.0174. The Bertz CT molecular complexity index is 982. The van der Waals surface area contributed by atoms with Crippen LogP contribution in [-0.4, -0.2) is 52.4 Å². The van der Waals surface area contributed by atoms with Crippen LogP contribution >= 0.6 is 24.0 Å². The Labute approximate surface area is 193 Å². The van der Waals surface area contributed by atoms with Crippen LogP contribution in [0.3, 0.4) is 0 Å². The molecule has 3 heterocycles. The number of aromatic nitrogens is 3. The van der Waals surface area contributed by atoms with E-state index < -0.39 is 0 Å². The Morgan fingerprint density at radius 2 is 2.10 bits per heavy atom. The molecule has 0 bridgehead atoms. The van der Waals surface area contributed by atoms with Crippen molar-refractivity contribution in [3.8, 4) is 11.5 Å². The van der Waals surface area contributed by atoms with Gasteiger partial charge in [0, 0.05) is 38.0 Å². The number of nitrogens with zero attached hydrogens (tertiary/aromatic N) is 5. The standard InChI is InChI=1S/C21H26N6O2.HI/c1-15-4-6-16(7-5-15)20-25-18(14-29-20)11-23-21(22-2)27-8-9-28-19(13-27)17-10-24-26(3)12-17;/h4-7,10,12,14,19H,8-9,11,13H2,1-3H3,(H,22,23);1H. The van der Waals surface area contributed by atoms with Crippen LogP contribution < -0.4 is 5.32 Å². The Hall–Kier alpha value is -2.40. The molecule has 1 unspecified atom stereocenters. The van der Waals surface area contributed by atoms with E-state index in [0.717, 1.165) is 35.9 Å². The molecular weight excluding hydrogens is 495 g/mol. The number of benzene rings is 1. The molecule has 4 rings (SSSR count). The lowest BCUT2D eigenvalue weighted by molar-refractivity contribution is -0.00805. The van der Waals surface area contributed by atoms with Crippen LogP contribution in [0.1, 0.15) is 22.9 Å². The molecule has 1 atom stereocenters. The number of aryl methyl sites for hydroxylation is 2. The summed E-state index contributed by atoms with van der Waals surface area (Å²) in [6.07, 6.45) is 5.52. The maximum Gasteiger partial charge on any atom is 0.226 e. The molecule has 1 saturated heterocycles. The second-order valence-electron chi connectivity index (χ2n) is 7.16. The molecule has 0 saturated carbocycles. The van der Waals surface area contributed by atoms with E-state index in [0.29, 0.717) is 19.0 Å². The minimum absolute atomic E-state index is 0. The molecule has 2 aromatic heterocycles. The number of halogens is 1. The Morgan fingerprint density at radius 1 is 1.30 bits per heavy atom. The number of nitrogens with one attached hydrogen (secondary N) is 1. The van der Waals surface area contributed by atoms with Gasteiger partial charge in [0.15, 0.2) is 5.96 Å². The summed E-state index contributed by atoms with van der Waals surface area (Å²) in [5, 5.41) is 7.63. The van der Waals surface area contributed by atoms with Gasteiger partial charge in [-0.25, -0.2) is 4.98 Å². The second kappa shape index (κ2) is 10.1. The van der Waals surface area contributed by atoms with Crippen LogP contribution in [0.25, 0.3) is 11.5 Å². The van der Waals surface area contributed by atoms with Gasteiger partial charge in [0.25, 0.3) is 0 Å². The molecule has 1 aromatic carbocycles. The molecule has 1 N–H and O–H groups in total. The van der Waals surface area contributed by atoms with Crippen molar-refractivity contribution in [3.05, 3.63) is 59.7 Å². The van der Waals surface area contributed by atoms with Gasteiger partial charge in [-0.2, -0.15) is 5.10 Å². The maximum absolute atomic E-state index is 5.92. The molecule has 160 valence electrons. The van der Waals surface area contributed by atoms with Crippen molar-refractivity contribution in [2.75, 3.05) is 26.7 Å². The number of morpholine rings is 1. The van der Waals surface area contributed by atoms with E-state index in [4.69, 9.17) is 9.15 Å². The summed E-state index contributed by atoms with van der Waals surface area (Å²) in [6, 6.07) is 8.14. The zero-order chi connectivity index (χ0) is 20.2. The van der Waals surface area contributed by atoms with Crippen LogP contribution in [0.5, 0.6) is 0 Å². The van der Waals surface area contributed by atoms with Gasteiger partial charge in [-0.05, 0) is 19.1 Å². The molecule has 9 heteroatoms. The Kier molecular flexibility index (Phi) is 7.48. The summed E-state index contributed by atoms with van der Waals surface area (Å²) >= 11 is 0. The highest BCUT2D eigenvalue weighted by molar-refractivity contribution is 14.0. The SMILES string of the molecule is CN=C(NCc1coc(-c2ccc(C)cc2)n1)N1CCOC(c2cnn(C)c2)C1.I. The van der Waals surface area contributed by atoms with E-state index in [1.54, 1.807) is 18.0 Å². The van der Waals surface area contributed by atoms with E-state index in [9.17, 15) is 0 Å². The molecular formula is C21H27IN6O2. The third-order valence-electron chi connectivity index (χ3n) is 4.95. The molecule has 0 amide bonds. The fourth-order valence-electron chi connectivity index (χ4n) is 3.37. The summed E-state index contributed by atoms with van der Waals surface area (Å²) in [6.45, 7) is 4.74. The van der Waals surface area contributed by atoms with E-state index in [1.165, 1.54) is 5.56 Å². The average Bonchev–Trinajstić information content (AvgIpc) is 3.39. The Balaban J connectivity index is 0.00000256. The van der Waals surface area contributed by atoms with Crippen LogP contribution in [0.4, 0.5) is 0 Å². The maximum atomic E-state index is 5.92. The molecule has 1 aliphatic heterocycles. The molecule has 3 aromatic rings. The molecule has 1 fully saturated rings. The van der Waals surface area contributed by atoms with Gasteiger partial charge in [-0.15, -0.1) is 24.0 Å². The topological polar surface area (TPSA) is 80.7 Å². The van der Waals surface area contributed by atoms with Crippen molar-refractivity contribution in [1.29, 1.82) is 0 Å². The zero-order valence-electron chi connectivity index (χ0n) is 17.4. The van der Waals surface area contributed by atoms with E-state index in [-0.39, 0.29) is 30.1 Å². The first-order chi connectivity index (χ1) is 14.1. The Morgan fingerprint density at radius 3 is 2.80 bits per heavy atom. The number of aliphatic imine (C=N–C) groups is 1. The second-order valence-corrected chi connectivity index (χ2v) is 7.16. The van der Waals surface area contributed by atoms with Gasteiger partial charge in [0.1, 0.15) is 12.4 Å². The van der Waals surface area contributed by atoms with Crippen LogP contribution in [0.2, 0.25) is 0 Å². The van der Waals surface area contributed by atoms with Crippen molar-refractivity contribution in [2.24, 2.45) is 12.0 Å². The molecule has 0 spiro atoms. The fourth-order valence-corrected chi connectivity index (χ4v) is 3.37. The normalized spacial score (nSPS) is 17.0. The van der Waals surface area contributed by atoms with Gasteiger partial charge in [-0.1, -0.05) is 17.7 Å². The number of oxazole rings is 1. The highest BCUT2D eigenvalue weighted by Crippen LogP contribution is 2.22. The first-order valence-corrected chi connectivity index (χ1v) is 9.69. The predicted molar refractivity (Wildman–Crippen MR) is 126 cm³/mol. The molecule has 0 aliphatic carbocycles. The van der Waals surface area contributed by atoms with Crippen LogP contribution in [0.15, 0.2) is 52.3 Å². The lowest BCUT2D eigenvalue weighted by Gasteiger charge is -2.34. The molecule has 0 radical (unpaired) electrons. The summed E-state index contributed by atoms with van der Waals surface area (Å²) in [5.74, 6) is 1.45. The van der Waals surface area contributed by atoms with E-state index in [1.807, 2.05) is 31.6 Å². The highest BCUT2D eigenvalue weighted by atomic mass is 127. The molecule has 1 aliphatic rings. The smallest absolute Gasteiger partial charge is 0.226 e. The number of hydrogen-bond donors (Lipinski definition) is 1.